The Hall–Kier alpha value is -1.82. The molecule has 1 aromatic rings. The Morgan fingerprint density at radius 3 is 2.85 bits per heavy atom. The number of nitrogens with one attached hydrogen (secondary N) is 1. The van der Waals surface area contributed by atoms with E-state index >= 15 is 0 Å². The van der Waals surface area contributed by atoms with Crippen LogP contribution in [-0.4, -0.2) is 37.3 Å². The summed E-state index contributed by atoms with van der Waals surface area (Å²) in [5, 5.41) is 14.5. The number of hydrogen-bond acceptors (Lipinski definition) is 5. The molecule has 1 N–H and O–H groups in total. The largest absolute Gasteiger partial charge is 0.380 e. The molecule has 2 atom stereocenters. The third-order valence-corrected chi connectivity index (χ3v) is 3.78. The molecule has 20 heavy (non-hydrogen) atoms. The van der Waals surface area contributed by atoms with Gasteiger partial charge in [-0.25, -0.2) is 0 Å². The molecule has 0 bridgehead atoms. The minimum Gasteiger partial charge on any atom is -0.380 e. The van der Waals surface area contributed by atoms with Crippen LogP contribution >= 0.6 is 0 Å². The molecule has 0 aliphatic carbocycles. The van der Waals surface area contributed by atoms with E-state index in [1.54, 1.807) is 12.1 Å². The lowest BCUT2D eigenvalue weighted by Gasteiger charge is -2.28. The van der Waals surface area contributed by atoms with Crippen LogP contribution in [0.3, 0.4) is 0 Å². The molecule has 0 radical (unpaired) electrons. The molecule has 1 aliphatic rings. The van der Waals surface area contributed by atoms with E-state index in [1.807, 2.05) is 31.9 Å². The fraction of sp³-hybridized carbons (Fsp3) is 0.571. The maximum absolute atomic E-state index is 11.4. The lowest BCUT2D eigenvalue weighted by molar-refractivity contribution is -0.383. The molecule has 0 amide bonds. The first kappa shape index (κ1) is 14.6. The molecule has 1 aliphatic heterocycles. The summed E-state index contributed by atoms with van der Waals surface area (Å²) in [7, 11) is 1.90. The van der Waals surface area contributed by atoms with Crippen molar-refractivity contribution in [3.8, 4) is 0 Å². The van der Waals surface area contributed by atoms with Crippen LogP contribution in [-0.2, 0) is 4.74 Å². The van der Waals surface area contributed by atoms with Gasteiger partial charge >= 0.3 is 5.69 Å². The fourth-order valence-electron chi connectivity index (χ4n) is 2.75. The molecule has 1 heterocycles. The molecular weight excluding hydrogens is 258 g/mol. The van der Waals surface area contributed by atoms with E-state index < -0.39 is 0 Å². The molecule has 0 saturated carbocycles. The Bertz CT molecular complexity index is 493. The topological polar surface area (TPSA) is 67.6 Å². The van der Waals surface area contributed by atoms with Gasteiger partial charge in [-0.3, -0.25) is 10.1 Å². The second kappa shape index (κ2) is 6.09. The molecule has 0 spiro atoms. The number of benzene rings is 1. The molecule has 6 nitrogen and oxygen atoms in total. The van der Waals surface area contributed by atoms with Gasteiger partial charge in [-0.1, -0.05) is 6.07 Å². The molecule has 1 saturated heterocycles. The zero-order chi connectivity index (χ0) is 14.7. The smallest absolute Gasteiger partial charge is 0.315 e. The van der Waals surface area contributed by atoms with Crippen LogP contribution in [0.15, 0.2) is 18.2 Å². The second-order valence-electron chi connectivity index (χ2n) is 5.00. The summed E-state index contributed by atoms with van der Waals surface area (Å²) in [5.74, 6) is 0. The van der Waals surface area contributed by atoms with Crippen LogP contribution in [0.1, 0.15) is 20.3 Å². The Morgan fingerprint density at radius 2 is 2.30 bits per heavy atom. The Balaban J connectivity index is 2.39. The van der Waals surface area contributed by atoms with Crippen LogP contribution in [0.2, 0.25) is 0 Å². The van der Waals surface area contributed by atoms with Gasteiger partial charge in [0.2, 0.25) is 0 Å². The normalized spacial score (nSPS) is 21.8. The highest BCUT2D eigenvalue weighted by molar-refractivity contribution is 5.77. The van der Waals surface area contributed by atoms with Gasteiger partial charge in [-0.2, -0.15) is 0 Å². The third-order valence-electron chi connectivity index (χ3n) is 3.78. The number of rotatable bonds is 5. The van der Waals surface area contributed by atoms with Crippen molar-refractivity contribution in [2.75, 3.05) is 30.4 Å². The highest BCUT2D eigenvalue weighted by atomic mass is 16.6. The Labute approximate surface area is 118 Å². The van der Waals surface area contributed by atoms with Gasteiger partial charge in [0.05, 0.1) is 17.1 Å². The van der Waals surface area contributed by atoms with Crippen LogP contribution in [0.25, 0.3) is 0 Å². The second-order valence-corrected chi connectivity index (χ2v) is 5.00. The van der Waals surface area contributed by atoms with E-state index in [0.717, 1.165) is 6.42 Å². The van der Waals surface area contributed by atoms with Crippen LogP contribution in [0, 0.1) is 10.1 Å². The summed E-state index contributed by atoms with van der Waals surface area (Å²) in [6.07, 6.45) is 0.975. The fourth-order valence-corrected chi connectivity index (χ4v) is 2.75. The van der Waals surface area contributed by atoms with Crippen molar-refractivity contribution in [1.82, 2.24) is 0 Å². The van der Waals surface area contributed by atoms with Crippen molar-refractivity contribution in [2.24, 2.45) is 0 Å². The van der Waals surface area contributed by atoms with Crippen LogP contribution < -0.4 is 10.2 Å². The quantitative estimate of drug-likeness (QED) is 0.663. The van der Waals surface area contributed by atoms with Crippen LogP contribution in [0.4, 0.5) is 17.1 Å². The Morgan fingerprint density at radius 1 is 1.55 bits per heavy atom. The molecule has 6 heteroatoms. The van der Waals surface area contributed by atoms with Crippen molar-refractivity contribution >= 4 is 17.1 Å². The van der Waals surface area contributed by atoms with Gasteiger partial charge in [0.25, 0.3) is 0 Å². The molecular formula is C14H21N3O3. The first-order valence-corrected chi connectivity index (χ1v) is 6.92. The molecule has 0 aromatic heterocycles. The minimum atomic E-state index is -0.315. The summed E-state index contributed by atoms with van der Waals surface area (Å²) < 4.78 is 5.56. The average Bonchev–Trinajstić information content (AvgIpc) is 2.84. The first-order chi connectivity index (χ1) is 9.56. The van der Waals surface area contributed by atoms with E-state index in [1.165, 1.54) is 0 Å². The van der Waals surface area contributed by atoms with E-state index in [9.17, 15) is 10.1 Å². The SMILES string of the molecule is CCNc1cccc(N(C)C2CCOC2C)c1[N+](=O)[O-]. The maximum Gasteiger partial charge on any atom is 0.315 e. The number of hydrogen-bond donors (Lipinski definition) is 1. The number of nitro groups is 1. The standard InChI is InChI=1S/C14H21N3O3/c1-4-15-11-6-5-7-13(14(11)17(18)19)16(3)12-8-9-20-10(12)2/h5-7,10,12,15H,4,8-9H2,1-3H3. The summed E-state index contributed by atoms with van der Waals surface area (Å²) >= 11 is 0. The minimum absolute atomic E-state index is 0.0856. The highest BCUT2D eigenvalue weighted by Gasteiger charge is 2.32. The van der Waals surface area contributed by atoms with Gasteiger partial charge in [-0.15, -0.1) is 0 Å². The summed E-state index contributed by atoms with van der Waals surface area (Å²) in [6, 6.07) is 5.56. The van der Waals surface area contributed by atoms with Gasteiger partial charge in [0.15, 0.2) is 0 Å². The number of likely N-dealkylation sites (N-methyl/N-ethyl adjacent to an activating group) is 1. The molecule has 110 valence electrons. The predicted octanol–water partition coefficient (Wildman–Crippen LogP) is 2.64. The molecule has 1 aromatic carbocycles. The van der Waals surface area contributed by atoms with E-state index in [4.69, 9.17) is 4.74 Å². The molecule has 1 fully saturated rings. The monoisotopic (exact) mass is 279 g/mol. The molecule has 2 unspecified atom stereocenters. The summed E-state index contributed by atoms with van der Waals surface area (Å²) in [6.45, 7) is 5.29. The lowest BCUT2D eigenvalue weighted by Crippen LogP contribution is -2.37. The lowest BCUT2D eigenvalue weighted by atomic mass is 10.1. The Kier molecular flexibility index (Phi) is 4.44. The van der Waals surface area contributed by atoms with Crippen molar-refractivity contribution in [1.29, 1.82) is 0 Å². The van der Waals surface area contributed by atoms with Gasteiger partial charge in [0.1, 0.15) is 11.4 Å². The number of nitrogens with zero attached hydrogens (tertiary/aromatic N) is 2. The maximum atomic E-state index is 11.4. The predicted molar refractivity (Wildman–Crippen MR) is 79.5 cm³/mol. The number of para-hydroxylation sites is 1. The molecule has 2 rings (SSSR count). The van der Waals surface area contributed by atoms with Crippen LogP contribution in [0.5, 0.6) is 0 Å². The van der Waals surface area contributed by atoms with Crippen molar-refractivity contribution < 1.29 is 9.66 Å². The average molecular weight is 279 g/mol. The van der Waals surface area contributed by atoms with Gasteiger partial charge in [0, 0.05) is 20.2 Å². The van der Waals surface area contributed by atoms with Crippen molar-refractivity contribution in [3.63, 3.8) is 0 Å². The number of anilines is 2. The first-order valence-electron chi connectivity index (χ1n) is 6.92. The third kappa shape index (κ3) is 2.70. The number of nitro benzene ring substituents is 1. The highest BCUT2D eigenvalue weighted by Crippen LogP contribution is 2.37. The van der Waals surface area contributed by atoms with Crippen molar-refractivity contribution in [3.05, 3.63) is 28.3 Å². The van der Waals surface area contributed by atoms with E-state index in [2.05, 4.69) is 5.32 Å². The van der Waals surface area contributed by atoms with E-state index in [-0.39, 0.29) is 22.8 Å². The van der Waals surface area contributed by atoms with E-state index in [0.29, 0.717) is 24.5 Å². The van der Waals surface area contributed by atoms with Crippen molar-refractivity contribution in [2.45, 2.75) is 32.4 Å². The zero-order valence-electron chi connectivity index (χ0n) is 12.1. The summed E-state index contributed by atoms with van der Waals surface area (Å²) in [5.41, 5.74) is 1.33. The zero-order valence-corrected chi connectivity index (χ0v) is 12.1. The summed E-state index contributed by atoms with van der Waals surface area (Å²) in [4.78, 5) is 13.1. The van der Waals surface area contributed by atoms with Gasteiger partial charge < -0.3 is 15.0 Å². The number of ether oxygens (including phenoxy) is 1. The van der Waals surface area contributed by atoms with Gasteiger partial charge in [-0.05, 0) is 32.4 Å².